The van der Waals surface area contributed by atoms with E-state index in [0.29, 0.717) is 0 Å². The minimum Gasteiger partial charge on any atom is -0.382 e. The predicted octanol–water partition coefficient (Wildman–Crippen LogP) is 2.08. The summed E-state index contributed by atoms with van der Waals surface area (Å²) in [6.45, 7) is 9.29. The molecule has 0 aromatic rings. The highest BCUT2D eigenvalue weighted by molar-refractivity contribution is 7.98. The molecule has 0 aromatic carbocycles. The van der Waals surface area contributed by atoms with E-state index in [1.807, 2.05) is 18.7 Å². The molecule has 0 saturated carbocycles. The van der Waals surface area contributed by atoms with Gasteiger partial charge in [0.05, 0.1) is 0 Å². The molecule has 104 valence electrons. The van der Waals surface area contributed by atoms with Crippen LogP contribution in [-0.2, 0) is 4.74 Å². The van der Waals surface area contributed by atoms with E-state index in [9.17, 15) is 0 Å². The van der Waals surface area contributed by atoms with Gasteiger partial charge in [-0.1, -0.05) is 6.92 Å². The van der Waals surface area contributed by atoms with Crippen LogP contribution in [0.2, 0.25) is 0 Å². The van der Waals surface area contributed by atoms with Gasteiger partial charge in [0.2, 0.25) is 0 Å². The third-order valence-electron chi connectivity index (χ3n) is 2.94. The molecule has 0 aliphatic heterocycles. The average Bonchev–Trinajstić information content (AvgIpc) is 2.34. The summed E-state index contributed by atoms with van der Waals surface area (Å²) in [6.07, 6.45) is 4.53. The van der Waals surface area contributed by atoms with Crippen LogP contribution in [0.25, 0.3) is 0 Å². The van der Waals surface area contributed by atoms with Crippen LogP contribution in [0.3, 0.4) is 0 Å². The van der Waals surface area contributed by atoms with E-state index in [4.69, 9.17) is 4.74 Å². The summed E-state index contributed by atoms with van der Waals surface area (Å²) in [6, 6.07) is 0.718. The Morgan fingerprint density at radius 3 is 2.65 bits per heavy atom. The molecule has 0 aromatic heterocycles. The zero-order valence-corrected chi connectivity index (χ0v) is 12.8. The van der Waals surface area contributed by atoms with Crippen LogP contribution < -0.4 is 5.32 Å². The summed E-state index contributed by atoms with van der Waals surface area (Å²) in [4.78, 5) is 2.46. The quantitative estimate of drug-likeness (QED) is 0.544. The van der Waals surface area contributed by atoms with Crippen molar-refractivity contribution in [2.24, 2.45) is 0 Å². The molecule has 1 N–H and O–H groups in total. The summed E-state index contributed by atoms with van der Waals surface area (Å²) < 4.78 is 5.30. The Morgan fingerprint density at radius 1 is 1.29 bits per heavy atom. The fraction of sp³-hybridized carbons (Fsp3) is 1.00. The number of thioether (sulfide) groups is 1. The van der Waals surface area contributed by atoms with Gasteiger partial charge in [-0.15, -0.1) is 0 Å². The lowest BCUT2D eigenvalue weighted by Crippen LogP contribution is -2.38. The first-order chi connectivity index (χ1) is 8.26. The van der Waals surface area contributed by atoms with Crippen molar-refractivity contribution in [3.8, 4) is 0 Å². The lowest BCUT2D eigenvalue weighted by molar-refractivity contribution is 0.144. The van der Waals surface area contributed by atoms with Gasteiger partial charge in [-0.3, -0.25) is 0 Å². The normalized spacial score (nSPS) is 13.2. The van der Waals surface area contributed by atoms with Gasteiger partial charge in [0.25, 0.3) is 0 Å². The topological polar surface area (TPSA) is 24.5 Å². The molecule has 1 atom stereocenters. The molecule has 0 fully saturated rings. The second-order valence-corrected chi connectivity index (χ2v) is 5.21. The summed E-state index contributed by atoms with van der Waals surface area (Å²) in [7, 11) is 2.23. The van der Waals surface area contributed by atoms with Gasteiger partial charge in [-0.2, -0.15) is 11.8 Å². The highest BCUT2D eigenvalue weighted by atomic mass is 32.2. The van der Waals surface area contributed by atoms with Crippen molar-refractivity contribution < 1.29 is 4.74 Å². The zero-order valence-electron chi connectivity index (χ0n) is 12.0. The number of likely N-dealkylation sites (N-methyl/N-ethyl adjacent to an activating group) is 1. The number of nitrogens with zero attached hydrogens (tertiary/aromatic N) is 1. The first-order valence-corrected chi connectivity index (χ1v) is 8.13. The summed E-state index contributed by atoms with van der Waals surface area (Å²) in [5.41, 5.74) is 0. The third-order valence-corrected chi connectivity index (χ3v) is 3.66. The second-order valence-electron chi connectivity index (χ2n) is 4.30. The molecule has 0 bridgehead atoms. The Kier molecular flexibility index (Phi) is 12.9. The van der Waals surface area contributed by atoms with Crippen LogP contribution >= 0.6 is 11.8 Å². The summed E-state index contributed by atoms with van der Waals surface area (Å²) >= 11 is 1.94. The molecule has 4 heteroatoms. The van der Waals surface area contributed by atoms with Crippen molar-refractivity contribution in [1.29, 1.82) is 0 Å². The molecule has 0 amide bonds. The van der Waals surface area contributed by atoms with Crippen molar-refractivity contribution in [2.75, 3.05) is 51.9 Å². The highest BCUT2D eigenvalue weighted by Gasteiger charge is 2.10. The minimum atomic E-state index is 0.718. The van der Waals surface area contributed by atoms with Crippen LogP contribution in [0.5, 0.6) is 0 Å². The predicted molar refractivity (Wildman–Crippen MR) is 79.1 cm³/mol. The van der Waals surface area contributed by atoms with Gasteiger partial charge in [-0.05, 0) is 39.6 Å². The van der Waals surface area contributed by atoms with E-state index in [1.165, 1.54) is 12.2 Å². The molecule has 0 rings (SSSR count). The van der Waals surface area contributed by atoms with E-state index in [-0.39, 0.29) is 0 Å². The van der Waals surface area contributed by atoms with Crippen molar-refractivity contribution in [3.63, 3.8) is 0 Å². The van der Waals surface area contributed by atoms with Gasteiger partial charge in [0, 0.05) is 38.1 Å². The Bertz CT molecular complexity index is 158. The zero-order chi connectivity index (χ0) is 12.9. The monoisotopic (exact) mass is 262 g/mol. The van der Waals surface area contributed by atoms with E-state index in [0.717, 1.165) is 45.3 Å². The Morgan fingerprint density at radius 2 is 2.06 bits per heavy atom. The Hall–Kier alpha value is 0.230. The standard InChI is InChI=1S/C13H30N2OS/c1-5-13(12-17-4)15(3)10-9-14-8-7-11-16-6-2/h13-14H,5-12H2,1-4H3. The van der Waals surface area contributed by atoms with Crippen LogP contribution in [0.15, 0.2) is 0 Å². The van der Waals surface area contributed by atoms with E-state index >= 15 is 0 Å². The molecular weight excluding hydrogens is 232 g/mol. The minimum absolute atomic E-state index is 0.718. The van der Waals surface area contributed by atoms with Gasteiger partial charge < -0.3 is 15.0 Å². The average molecular weight is 262 g/mol. The van der Waals surface area contributed by atoms with Crippen LogP contribution in [-0.4, -0.2) is 62.8 Å². The molecule has 1 unspecified atom stereocenters. The Balaban J connectivity index is 3.39. The fourth-order valence-electron chi connectivity index (χ4n) is 1.76. The number of ether oxygens (including phenoxy) is 1. The smallest absolute Gasteiger partial charge is 0.0477 e. The lowest BCUT2D eigenvalue weighted by atomic mass is 10.2. The first kappa shape index (κ1) is 17.2. The van der Waals surface area contributed by atoms with Crippen LogP contribution in [0.1, 0.15) is 26.7 Å². The number of hydrogen-bond acceptors (Lipinski definition) is 4. The van der Waals surface area contributed by atoms with Crippen molar-refractivity contribution in [2.45, 2.75) is 32.7 Å². The van der Waals surface area contributed by atoms with Crippen LogP contribution in [0.4, 0.5) is 0 Å². The maximum atomic E-state index is 5.30. The third kappa shape index (κ3) is 9.89. The molecule has 3 nitrogen and oxygen atoms in total. The second kappa shape index (κ2) is 12.7. The highest BCUT2D eigenvalue weighted by Crippen LogP contribution is 2.07. The summed E-state index contributed by atoms with van der Waals surface area (Å²) in [5, 5.41) is 3.47. The number of hydrogen-bond donors (Lipinski definition) is 1. The molecule has 0 radical (unpaired) electrons. The number of nitrogens with one attached hydrogen (secondary N) is 1. The van der Waals surface area contributed by atoms with Crippen LogP contribution in [0, 0.1) is 0 Å². The SMILES string of the molecule is CCOCCCNCCN(C)C(CC)CSC. The summed E-state index contributed by atoms with van der Waals surface area (Å²) in [5.74, 6) is 1.23. The molecular formula is C13H30N2OS. The van der Waals surface area contributed by atoms with Crippen molar-refractivity contribution in [3.05, 3.63) is 0 Å². The molecule has 17 heavy (non-hydrogen) atoms. The van der Waals surface area contributed by atoms with Gasteiger partial charge in [-0.25, -0.2) is 0 Å². The lowest BCUT2D eigenvalue weighted by Gasteiger charge is -2.26. The van der Waals surface area contributed by atoms with Gasteiger partial charge in [0.15, 0.2) is 0 Å². The van der Waals surface area contributed by atoms with Gasteiger partial charge in [0.1, 0.15) is 0 Å². The van der Waals surface area contributed by atoms with Crippen molar-refractivity contribution in [1.82, 2.24) is 10.2 Å². The molecule has 0 heterocycles. The van der Waals surface area contributed by atoms with Gasteiger partial charge >= 0.3 is 0 Å². The fourth-order valence-corrected chi connectivity index (χ4v) is 2.63. The van der Waals surface area contributed by atoms with E-state index < -0.39 is 0 Å². The number of rotatable bonds is 12. The van der Waals surface area contributed by atoms with Crippen molar-refractivity contribution >= 4 is 11.8 Å². The Labute approximate surface area is 112 Å². The largest absolute Gasteiger partial charge is 0.382 e. The van der Waals surface area contributed by atoms with E-state index in [1.54, 1.807) is 0 Å². The maximum Gasteiger partial charge on any atom is 0.0477 e. The maximum absolute atomic E-state index is 5.30. The molecule has 0 aliphatic rings. The van der Waals surface area contributed by atoms with E-state index in [2.05, 4.69) is 30.4 Å². The molecule has 0 aliphatic carbocycles. The molecule has 0 spiro atoms. The molecule has 0 saturated heterocycles. The first-order valence-electron chi connectivity index (χ1n) is 6.73.